The van der Waals surface area contributed by atoms with Gasteiger partial charge in [0.2, 0.25) is 0 Å². The van der Waals surface area contributed by atoms with Crippen molar-refractivity contribution in [1.29, 1.82) is 0 Å². The van der Waals surface area contributed by atoms with Gasteiger partial charge in [-0.15, -0.1) is 0 Å². The minimum atomic E-state index is -0.625. The van der Waals surface area contributed by atoms with Gasteiger partial charge in [0.05, 0.1) is 11.4 Å². The smallest absolute Gasteiger partial charge is 0.148 e. The minimum absolute atomic E-state index is 0.325. The average Bonchev–Trinajstić information content (AvgIpc) is 2.60. The maximum atomic E-state index is 11.3. The van der Waals surface area contributed by atoms with Crippen molar-refractivity contribution < 1.29 is 4.21 Å². The molecule has 102 valence electrons. The zero-order chi connectivity index (χ0) is 13.3. The van der Waals surface area contributed by atoms with Crippen LogP contribution in [0.1, 0.15) is 38.3 Å². The summed E-state index contributed by atoms with van der Waals surface area (Å²) < 4.78 is 13.1. The molecule has 1 saturated heterocycles. The largest absolute Gasteiger partial charge is 0.394 e. The van der Waals surface area contributed by atoms with Gasteiger partial charge in [-0.05, 0) is 18.8 Å². The first-order valence-corrected chi connectivity index (χ1v) is 7.91. The molecule has 1 aliphatic rings. The molecular formula is C12H22N4OS. The Bertz CT molecular complexity index is 445. The number of nitrogens with two attached hydrogens (primary N) is 1. The van der Waals surface area contributed by atoms with E-state index in [1.54, 1.807) is 0 Å². The van der Waals surface area contributed by atoms with Gasteiger partial charge in [0, 0.05) is 35.4 Å². The van der Waals surface area contributed by atoms with Crippen LogP contribution < -0.4 is 11.1 Å². The lowest BCUT2D eigenvalue weighted by Gasteiger charge is -2.23. The molecule has 0 bridgehead atoms. The van der Waals surface area contributed by atoms with E-state index in [9.17, 15) is 4.21 Å². The number of rotatable bonds is 3. The van der Waals surface area contributed by atoms with Crippen LogP contribution in [0.5, 0.6) is 0 Å². The monoisotopic (exact) mass is 270 g/mol. The van der Waals surface area contributed by atoms with E-state index in [-0.39, 0.29) is 0 Å². The molecule has 0 amide bonds. The molecule has 6 heteroatoms. The van der Waals surface area contributed by atoms with Gasteiger partial charge in [-0.1, -0.05) is 13.8 Å². The Kier molecular flexibility index (Phi) is 3.94. The van der Waals surface area contributed by atoms with E-state index >= 15 is 0 Å². The summed E-state index contributed by atoms with van der Waals surface area (Å²) in [7, 11) is 1.28. The van der Waals surface area contributed by atoms with Crippen LogP contribution in [0.3, 0.4) is 0 Å². The molecule has 1 aromatic rings. The molecule has 0 aromatic carbocycles. The molecule has 18 heavy (non-hydrogen) atoms. The van der Waals surface area contributed by atoms with Gasteiger partial charge < -0.3 is 11.1 Å². The molecule has 2 heterocycles. The van der Waals surface area contributed by atoms with E-state index in [4.69, 9.17) is 5.73 Å². The van der Waals surface area contributed by atoms with Gasteiger partial charge in [0.25, 0.3) is 0 Å². The van der Waals surface area contributed by atoms with E-state index in [0.717, 1.165) is 41.5 Å². The van der Waals surface area contributed by atoms with Crippen LogP contribution in [0, 0.1) is 0 Å². The molecule has 2 rings (SSSR count). The maximum absolute atomic E-state index is 11.3. The summed E-state index contributed by atoms with van der Waals surface area (Å²) >= 11 is 0. The third-order valence-electron chi connectivity index (χ3n) is 3.39. The van der Waals surface area contributed by atoms with Gasteiger partial charge in [-0.25, -0.2) is 0 Å². The number of aromatic nitrogens is 2. The molecule has 0 aliphatic carbocycles. The zero-order valence-corrected chi connectivity index (χ0v) is 12.1. The van der Waals surface area contributed by atoms with Crippen LogP contribution in [-0.4, -0.2) is 31.5 Å². The van der Waals surface area contributed by atoms with E-state index < -0.39 is 10.8 Å². The Labute approximate surface area is 111 Å². The molecule has 3 N–H and O–H groups in total. The highest BCUT2D eigenvalue weighted by Gasteiger charge is 2.22. The first kappa shape index (κ1) is 13.4. The van der Waals surface area contributed by atoms with Crippen molar-refractivity contribution in [3.63, 3.8) is 0 Å². The number of anilines is 2. The van der Waals surface area contributed by atoms with E-state index in [2.05, 4.69) is 24.3 Å². The third kappa shape index (κ3) is 2.68. The summed E-state index contributed by atoms with van der Waals surface area (Å²) in [6.45, 7) is 4.18. The Balaban J connectivity index is 2.12. The predicted molar refractivity (Wildman–Crippen MR) is 76.2 cm³/mol. The van der Waals surface area contributed by atoms with Crippen molar-refractivity contribution in [3.05, 3.63) is 5.69 Å². The summed E-state index contributed by atoms with van der Waals surface area (Å²) in [6, 6.07) is 0.361. The summed E-state index contributed by atoms with van der Waals surface area (Å²) in [5.41, 5.74) is 7.84. The average molecular weight is 270 g/mol. The van der Waals surface area contributed by atoms with Gasteiger partial charge in [0.1, 0.15) is 5.82 Å². The normalized spacial score (nSPS) is 24.4. The number of nitrogens with one attached hydrogen (secondary N) is 1. The molecule has 0 spiro atoms. The second-order valence-electron chi connectivity index (χ2n) is 5.19. The third-order valence-corrected chi connectivity index (χ3v) is 4.77. The standard InChI is InChI=1S/C12H22N4OS/c1-8(2)11-10(13)12(16(3)15-11)14-9-4-6-18(17)7-5-9/h8-9,14H,4-7,13H2,1-3H3. The summed E-state index contributed by atoms with van der Waals surface area (Å²) in [4.78, 5) is 0. The lowest BCUT2D eigenvalue weighted by Crippen LogP contribution is -2.30. The molecule has 1 aliphatic heterocycles. The molecule has 0 unspecified atom stereocenters. The van der Waals surface area contributed by atoms with Crippen molar-refractivity contribution in [2.24, 2.45) is 7.05 Å². The second kappa shape index (κ2) is 5.30. The number of nitrogens with zero attached hydrogens (tertiary/aromatic N) is 2. The minimum Gasteiger partial charge on any atom is -0.394 e. The van der Waals surface area contributed by atoms with Gasteiger partial charge in [-0.3, -0.25) is 8.89 Å². The number of aryl methyl sites for hydroxylation is 1. The van der Waals surface area contributed by atoms with Gasteiger partial charge in [0.15, 0.2) is 0 Å². The van der Waals surface area contributed by atoms with E-state index in [1.165, 1.54) is 0 Å². The van der Waals surface area contributed by atoms with Gasteiger partial charge >= 0.3 is 0 Å². The summed E-state index contributed by atoms with van der Waals surface area (Å²) in [6.07, 6.45) is 1.88. The van der Waals surface area contributed by atoms with E-state index in [1.807, 2.05) is 11.7 Å². The lowest BCUT2D eigenvalue weighted by atomic mass is 10.1. The van der Waals surface area contributed by atoms with Crippen LogP contribution in [-0.2, 0) is 17.8 Å². The van der Waals surface area contributed by atoms with Crippen molar-refractivity contribution in [3.8, 4) is 0 Å². The molecule has 5 nitrogen and oxygen atoms in total. The summed E-state index contributed by atoms with van der Waals surface area (Å²) in [5, 5.41) is 7.91. The highest BCUT2D eigenvalue weighted by molar-refractivity contribution is 7.85. The fourth-order valence-electron chi connectivity index (χ4n) is 2.29. The van der Waals surface area contributed by atoms with Crippen LogP contribution in [0.15, 0.2) is 0 Å². The van der Waals surface area contributed by atoms with Crippen LogP contribution in [0.2, 0.25) is 0 Å². The molecule has 0 saturated carbocycles. The second-order valence-corrected chi connectivity index (χ2v) is 6.89. The molecule has 0 radical (unpaired) electrons. The van der Waals surface area contributed by atoms with Crippen molar-refractivity contribution >= 4 is 22.3 Å². The first-order valence-electron chi connectivity index (χ1n) is 6.43. The predicted octanol–water partition coefficient (Wildman–Crippen LogP) is 1.45. The quantitative estimate of drug-likeness (QED) is 0.872. The number of hydrogen-bond donors (Lipinski definition) is 2. The highest BCUT2D eigenvalue weighted by Crippen LogP contribution is 2.29. The molecular weight excluding hydrogens is 248 g/mol. The van der Waals surface area contributed by atoms with Crippen LogP contribution in [0.4, 0.5) is 11.5 Å². The zero-order valence-electron chi connectivity index (χ0n) is 11.3. The Hall–Kier alpha value is -1.04. The number of hydrogen-bond acceptors (Lipinski definition) is 4. The topological polar surface area (TPSA) is 72.9 Å². The summed E-state index contributed by atoms with van der Waals surface area (Å²) in [5.74, 6) is 2.79. The van der Waals surface area contributed by atoms with Crippen molar-refractivity contribution in [2.75, 3.05) is 22.6 Å². The Morgan fingerprint density at radius 2 is 2.06 bits per heavy atom. The maximum Gasteiger partial charge on any atom is 0.148 e. The number of nitrogen functional groups attached to an aromatic ring is 1. The first-order chi connectivity index (χ1) is 8.49. The van der Waals surface area contributed by atoms with Crippen LogP contribution in [0.25, 0.3) is 0 Å². The van der Waals surface area contributed by atoms with Crippen molar-refractivity contribution in [2.45, 2.75) is 38.6 Å². The Morgan fingerprint density at radius 3 is 2.56 bits per heavy atom. The fraction of sp³-hybridized carbons (Fsp3) is 0.750. The fourth-order valence-corrected chi connectivity index (χ4v) is 3.59. The SMILES string of the molecule is CC(C)c1nn(C)c(NC2CCS(=O)CC2)c1N. The molecule has 0 atom stereocenters. The highest BCUT2D eigenvalue weighted by atomic mass is 32.2. The molecule has 1 fully saturated rings. The Morgan fingerprint density at radius 1 is 1.44 bits per heavy atom. The van der Waals surface area contributed by atoms with Crippen LogP contribution >= 0.6 is 0 Å². The van der Waals surface area contributed by atoms with E-state index in [0.29, 0.717) is 12.0 Å². The molecule has 1 aromatic heterocycles. The van der Waals surface area contributed by atoms with Gasteiger partial charge in [-0.2, -0.15) is 5.10 Å². The lowest BCUT2D eigenvalue weighted by molar-refractivity contribution is 0.616. The van der Waals surface area contributed by atoms with Crippen molar-refractivity contribution in [1.82, 2.24) is 9.78 Å².